The molecule has 1 N–H and O–H groups in total. The van der Waals surface area contributed by atoms with Crippen molar-refractivity contribution >= 4 is 29.3 Å². The van der Waals surface area contributed by atoms with Crippen molar-refractivity contribution in [1.82, 2.24) is 4.90 Å². The van der Waals surface area contributed by atoms with Crippen LogP contribution in [0.5, 0.6) is 5.75 Å². The average molecular weight is 370 g/mol. The van der Waals surface area contributed by atoms with E-state index in [-0.39, 0.29) is 18.2 Å². The first-order valence-electron chi connectivity index (χ1n) is 8.53. The lowest BCUT2D eigenvalue weighted by Crippen LogP contribution is -2.37. The highest BCUT2D eigenvalue weighted by Crippen LogP contribution is 2.36. The van der Waals surface area contributed by atoms with E-state index in [1.54, 1.807) is 11.9 Å². The molecule has 1 aliphatic rings. The van der Waals surface area contributed by atoms with Gasteiger partial charge in [0.05, 0.1) is 17.5 Å². The molecule has 0 bridgehead atoms. The van der Waals surface area contributed by atoms with Gasteiger partial charge in [-0.15, -0.1) is 11.8 Å². The Kier molecular flexibility index (Phi) is 5.83. The van der Waals surface area contributed by atoms with Crippen molar-refractivity contribution in [2.45, 2.75) is 23.5 Å². The topological polar surface area (TPSA) is 58.6 Å². The maximum atomic E-state index is 12.5. The van der Waals surface area contributed by atoms with Crippen molar-refractivity contribution in [2.75, 3.05) is 25.5 Å². The van der Waals surface area contributed by atoms with Crippen molar-refractivity contribution < 1.29 is 14.3 Å². The molecule has 1 heterocycles. The first kappa shape index (κ1) is 18.3. The lowest BCUT2D eigenvalue weighted by Gasteiger charge is -2.25. The van der Waals surface area contributed by atoms with Gasteiger partial charge in [-0.25, -0.2) is 0 Å². The number of likely N-dealkylation sites (N-methyl/N-ethyl adjacent to an activating group) is 1. The summed E-state index contributed by atoms with van der Waals surface area (Å²) in [6, 6.07) is 15.4. The number of carbonyl (C=O) groups is 2. The number of rotatable bonds is 6. The summed E-state index contributed by atoms with van der Waals surface area (Å²) in [6.07, 6.45) is 0.172. The molecule has 1 atom stereocenters. The minimum Gasteiger partial charge on any atom is -0.491 e. The van der Waals surface area contributed by atoms with Crippen LogP contribution < -0.4 is 10.1 Å². The van der Waals surface area contributed by atoms with Crippen LogP contribution in [0.15, 0.2) is 53.4 Å². The number of nitrogens with zero attached hydrogens (tertiary/aromatic N) is 1. The van der Waals surface area contributed by atoms with Gasteiger partial charge in [0.25, 0.3) is 0 Å². The number of hydrogen-bond donors (Lipinski definition) is 1. The van der Waals surface area contributed by atoms with Gasteiger partial charge in [0.2, 0.25) is 11.8 Å². The standard InChI is InChI=1S/C20H22N2O3S/c1-14-7-3-5-9-16(14)25-12-11-22(2)19(23)13-18-20(24)21-15-8-4-6-10-17(15)26-18/h3-10,18H,11-13H2,1-2H3,(H,21,24). The van der Waals surface area contributed by atoms with E-state index in [0.717, 1.165) is 21.9 Å². The monoisotopic (exact) mass is 370 g/mol. The largest absolute Gasteiger partial charge is 0.491 e. The van der Waals surface area contributed by atoms with Crippen LogP contribution >= 0.6 is 11.8 Å². The molecular formula is C20H22N2O3S. The molecule has 1 aliphatic heterocycles. The van der Waals surface area contributed by atoms with Crippen molar-refractivity contribution in [3.05, 3.63) is 54.1 Å². The van der Waals surface area contributed by atoms with Crippen molar-refractivity contribution in [3.8, 4) is 5.75 Å². The van der Waals surface area contributed by atoms with E-state index in [1.165, 1.54) is 11.8 Å². The van der Waals surface area contributed by atoms with Crippen LogP contribution in [0.4, 0.5) is 5.69 Å². The van der Waals surface area contributed by atoms with Gasteiger partial charge in [-0.3, -0.25) is 9.59 Å². The number of amides is 2. The van der Waals surface area contributed by atoms with E-state index in [1.807, 2.05) is 55.5 Å². The predicted molar refractivity (Wildman–Crippen MR) is 104 cm³/mol. The lowest BCUT2D eigenvalue weighted by atomic mass is 10.2. The second-order valence-electron chi connectivity index (χ2n) is 6.23. The van der Waals surface area contributed by atoms with E-state index in [9.17, 15) is 9.59 Å². The van der Waals surface area contributed by atoms with E-state index >= 15 is 0 Å². The quantitative estimate of drug-likeness (QED) is 0.847. The number of ether oxygens (including phenoxy) is 1. The summed E-state index contributed by atoms with van der Waals surface area (Å²) < 4.78 is 5.74. The minimum atomic E-state index is -0.405. The molecule has 0 spiro atoms. The Labute approximate surface area is 157 Å². The maximum absolute atomic E-state index is 12.5. The van der Waals surface area contributed by atoms with Crippen molar-refractivity contribution in [2.24, 2.45) is 0 Å². The second-order valence-corrected chi connectivity index (χ2v) is 7.47. The zero-order chi connectivity index (χ0) is 18.5. The average Bonchev–Trinajstić information content (AvgIpc) is 2.63. The van der Waals surface area contributed by atoms with Gasteiger partial charge in [-0.2, -0.15) is 0 Å². The smallest absolute Gasteiger partial charge is 0.238 e. The normalized spacial score (nSPS) is 15.8. The SMILES string of the molecule is Cc1ccccc1OCCN(C)C(=O)CC1Sc2ccccc2NC1=O. The van der Waals surface area contributed by atoms with Crippen LogP contribution in [0.3, 0.4) is 0 Å². The Balaban J connectivity index is 1.50. The molecule has 0 aromatic heterocycles. The third-order valence-corrected chi connectivity index (χ3v) is 5.55. The van der Waals surface area contributed by atoms with E-state index in [2.05, 4.69) is 5.32 Å². The summed E-state index contributed by atoms with van der Waals surface area (Å²) in [5, 5.41) is 2.46. The molecule has 0 fully saturated rings. The molecule has 2 aromatic rings. The van der Waals surface area contributed by atoms with Crippen LogP contribution in [0.25, 0.3) is 0 Å². The number of nitrogens with one attached hydrogen (secondary N) is 1. The summed E-state index contributed by atoms with van der Waals surface area (Å²) in [6.45, 7) is 2.88. The van der Waals surface area contributed by atoms with E-state index in [0.29, 0.717) is 13.2 Å². The van der Waals surface area contributed by atoms with E-state index in [4.69, 9.17) is 4.74 Å². The summed E-state index contributed by atoms with van der Waals surface area (Å²) in [7, 11) is 1.74. The molecule has 26 heavy (non-hydrogen) atoms. The fraction of sp³-hybridized carbons (Fsp3) is 0.300. The van der Waals surface area contributed by atoms with Crippen molar-refractivity contribution in [3.63, 3.8) is 0 Å². The van der Waals surface area contributed by atoms with Crippen LogP contribution in [-0.2, 0) is 9.59 Å². The molecule has 1 unspecified atom stereocenters. The minimum absolute atomic E-state index is 0.0644. The number of carbonyl (C=O) groups excluding carboxylic acids is 2. The summed E-state index contributed by atoms with van der Waals surface area (Å²) in [5.74, 6) is 0.643. The number of para-hydroxylation sites is 2. The van der Waals surface area contributed by atoms with Gasteiger partial charge in [0.15, 0.2) is 0 Å². The van der Waals surface area contributed by atoms with Gasteiger partial charge < -0.3 is 15.0 Å². The highest BCUT2D eigenvalue weighted by Gasteiger charge is 2.29. The lowest BCUT2D eigenvalue weighted by molar-refractivity contribution is -0.131. The van der Waals surface area contributed by atoms with Gasteiger partial charge in [-0.1, -0.05) is 30.3 Å². The summed E-state index contributed by atoms with van der Waals surface area (Å²) >= 11 is 1.44. The third-order valence-electron chi connectivity index (χ3n) is 4.27. The Morgan fingerprint density at radius 2 is 1.92 bits per heavy atom. The Morgan fingerprint density at radius 3 is 2.73 bits per heavy atom. The molecule has 0 aliphatic carbocycles. The fourth-order valence-electron chi connectivity index (χ4n) is 2.68. The number of benzene rings is 2. The second kappa shape index (κ2) is 8.27. The van der Waals surface area contributed by atoms with Crippen LogP contribution in [0.1, 0.15) is 12.0 Å². The molecular weight excluding hydrogens is 348 g/mol. The molecule has 6 heteroatoms. The molecule has 0 saturated heterocycles. The van der Waals surface area contributed by atoms with Crippen LogP contribution in [0, 0.1) is 6.92 Å². The molecule has 2 aromatic carbocycles. The number of thioether (sulfide) groups is 1. The highest BCUT2D eigenvalue weighted by molar-refractivity contribution is 8.01. The van der Waals surface area contributed by atoms with Crippen LogP contribution in [0.2, 0.25) is 0 Å². The zero-order valence-corrected chi connectivity index (χ0v) is 15.7. The predicted octanol–water partition coefficient (Wildman–Crippen LogP) is 3.34. The molecule has 0 radical (unpaired) electrons. The number of aryl methyl sites for hydroxylation is 1. The molecule has 136 valence electrons. The summed E-state index contributed by atoms with van der Waals surface area (Å²) in [4.78, 5) is 27.3. The third kappa shape index (κ3) is 4.38. The molecule has 3 rings (SSSR count). The Bertz CT molecular complexity index is 809. The number of hydrogen-bond acceptors (Lipinski definition) is 4. The van der Waals surface area contributed by atoms with Crippen LogP contribution in [-0.4, -0.2) is 42.2 Å². The van der Waals surface area contributed by atoms with Crippen molar-refractivity contribution in [1.29, 1.82) is 0 Å². The Morgan fingerprint density at radius 1 is 1.19 bits per heavy atom. The molecule has 5 nitrogen and oxygen atoms in total. The maximum Gasteiger partial charge on any atom is 0.238 e. The first-order valence-corrected chi connectivity index (χ1v) is 9.41. The van der Waals surface area contributed by atoms with Gasteiger partial charge in [0.1, 0.15) is 12.4 Å². The van der Waals surface area contributed by atoms with Gasteiger partial charge in [0, 0.05) is 18.4 Å². The molecule has 2 amide bonds. The molecule has 0 saturated carbocycles. The number of fused-ring (bicyclic) bond motifs is 1. The van der Waals surface area contributed by atoms with Gasteiger partial charge in [-0.05, 0) is 30.7 Å². The number of anilines is 1. The first-order chi connectivity index (χ1) is 12.5. The zero-order valence-electron chi connectivity index (χ0n) is 14.9. The Hall–Kier alpha value is -2.47. The van der Waals surface area contributed by atoms with E-state index < -0.39 is 5.25 Å². The fourth-order valence-corrected chi connectivity index (χ4v) is 3.78. The van der Waals surface area contributed by atoms with Gasteiger partial charge >= 0.3 is 0 Å². The summed E-state index contributed by atoms with van der Waals surface area (Å²) in [5.41, 5.74) is 1.88. The highest BCUT2D eigenvalue weighted by atomic mass is 32.2.